The van der Waals surface area contributed by atoms with Crippen LogP contribution in [0.3, 0.4) is 0 Å². The molecule has 4 saturated heterocycles. The Kier molecular flexibility index (Phi) is 33.0. The van der Waals surface area contributed by atoms with E-state index in [-0.39, 0.29) is 0 Å². The SMILES string of the molecule is CNC1C(OC2C(OC3C(O)C(O)C(N=C(N)N)C(O)C3NC(=N)N)OC(C)[C@]2(O)CO)OC(CO)C(O)C1O.CNC1C(OC2C(OC3C(O)C(O)C(N=C(N)N)C(O)C3NC(=N)N)OC(C)[C@]2(O)CO)OC(CO)C(O)C1O.O=S(=O)(O)O.O=S(=O)(O)O.O=S(=O)(O)O. The van der Waals surface area contributed by atoms with Gasteiger partial charge in [-0.1, -0.05) is 0 Å². The Hall–Kier alpha value is -4.35. The first kappa shape index (κ1) is 86.7. The van der Waals surface area contributed by atoms with Gasteiger partial charge in [-0.15, -0.1) is 0 Å². The smallest absolute Gasteiger partial charge is 0.394 e. The fourth-order valence-corrected chi connectivity index (χ4v) is 10.4. The summed E-state index contributed by atoms with van der Waals surface area (Å²) in [5.74, 6) is -2.27. The third kappa shape index (κ3) is 23.9. The predicted octanol–water partition coefficient (Wildman–Crippen LogP) is -18.3. The number of nitrogens with two attached hydrogens (primary N) is 6. The number of hydrogen-bond acceptors (Lipinski definition) is 36. The summed E-state index contributed by atoms with van der Waals surface area (Å²) in [6.45, 7) is -0.410. The number of aliphatic hydroxyl groups excluding tert-OH is 14. The number of rotatable bonds is 18. The van der Waals surface area contributed by atoms with Gasteiger partial charge in [0.1, 0.15) is 121 Å². The van der Waals surface area contributed by atoms with E-state index in [1.165, 1.54) is 27.9 Å². The minimum absolute atomic E-state index is 0.495. The van der Waals surface area contributed by atoms with Crippen LogP contribution >= 0.6 is 0 Å². The lowest BCUT2D eigenvalue weighted by Gasteiger charge is -2.46. The van der Waals surface area contributed by atoms with E-state index >= 15 is 0 Å². The first-order valence-electron chi connectivity index (χ1n) is 27.2. The molecule has 560 valence electrons. The second-order valence-electron chi connectivity index (χ2n) is 21.5. The van der Waals surface area contributed by atoms with E-state index in [0.717, 1.165) is 0 Å². The maximum absolute atomic E-state index is 11.3. The quantitative estimate of drug-likeness (QED) is 0.0344. The molecule has 4 aliphatic heterocycles. The van der Waals surface area contributed by atoms with E-state index in [1.807, 2.05) is 0 Å². The average Bonchev–Trinajstić information content (AvgIpc) is 1.68. The molecule has 28 unspecified atom stereocenters. The summed E-state index contributed by atoms with van der Waals surface area (Å²) in [4.78, 5) is 7.50. The van der Waals surface area contributed by atoms with Crippen LogP contribution in [0.1, 0.15) is 13.8 Å². The van der Waals surface area contributed by atoms with Crippen LogP contribution in [-0.2, 0) is 69.1 Å². The lowest BCUT2D eigenvalue weighted by Crippen LogP contribution is -2.70. The van der Waals surface area contributed by atoms with Crippen molar-refractivity contribution in [3.8, 4) is 0 Å². The zero-order valence-corrected chi connectivity index (χ0v) is 52.6. The summed E-state index contributed by atoms with van der Waals surface area (Å²) in [5, 5.41) is 194. The zero-order valence-electron chi connectivity index (χ0n) is 50.1. The van der Waals surface area contributed by atoms with Crippen LogP contribution in [0.25, 0.3) is 0 Å². The van der Waals surface area contributed by atoms with Crippen molar-refractivity contribution in [1.82, 2.24) is 21.3 Å². The third-order valence-electron chi connectivity index (χ3n) is 15.1. The summed E-state index contributed by atoms with van der Waals surface area (Å²) in [7, 11) is -11.1. The summed E-state index contributed by atoms with van der Waals surface area (Å²) in [5.41, 5.74) is 28.2. The van der Waals surface area contributed by atoms with Gasteiger partial charge in [0.2, 0.25) is 0 Å². The fourth-order valence-electron chi connectivity index (χ4n) is 10.4. The van der Waals surface area contributed by atoms with Gasteiger partial charge in [-0.2, -0.15) is 25.3 Å². The Morgan fingerprint density at radius 1 is 0.442 bits per heavy atom. The molecule has 40 N–H and O–H groups in total. The average molecular weight is 1460 g/mol. The number of likely N-dealkylation sites (N-methyl/N-ethyl adjacent to an activating group) is 2. The minimum atomic E-state index is -4.67. The van der Waals surface area contributed by atoms with Gasteiger partial charge in [0.05, 0.1) is 62.8 Å². The van der Waals surface area contributed by atoms with Crippen LogP contribution in [0, 0.1) is 10.8 Å². The van der Waals surface area contributed by atoms with Gasteiger partial charge in [0.15, 0.2) is 49.0 Å². The molecule has 30 atom stereocenters. The van der Waals surface area contributed by atoms with Gasteiger partial charge in [-0.3, -0.25) is 38.1 Å². The molecule has 0 aromatic heterocycles. The normalized spacial score (nSPS) is 41.9. The molecule has 6 fully saturated rings. The standard InChI is InChI=1S/2C21H41N7O12.3H2O4S/c2*1-5-21(36,4-30)16(40-17-9(26-2)13(34)10(31)6(3-29)38-17)18(37-5)39-15-8(28-20(24)25)11(32)7(27-19(22)23)12(33)14(15)35;3*1-5(2,3)4/h2*5-18,26,29-36H,3-4H2,1-2H3,(H4,22,23,27)(H4,24,25,28);3*(H2,1,2,3,4)/t2*5?,6?,7?,8?,9?,10?,11?,12?,13?,14?,15?,16?,17?,18?,21-;;;/m11.../s1. The second kappa shape index (κ2) is 36.1. The fraction of sp³-hybridized carbons (Fsp3) is 0.905. The number of hydrogen-bond donors (Lipinski definition) is 34. The highest BCUT2D eigenvalue weighted by Gasteiger charge is 2.63. The summed E-state index contributed by atoms with van der Waals surface area (Å²) < 4.78 is 141. The maximum Gasteiger partial charge on any atom is 0.394 e. The molecule has 6 aliphatic rings. The molecule has 0 spiro atoms. The van der Waals surface area contributed by atoms with Crippen molar-refractivity contribution in [1.29, 1.82) is 10.8 Å². The van der Waals surface area contributed by atoms with Gasteiger partial charge in [-0.25, -0.2) is 9.98 Å². The van der Waals surface area contributed by atoms with Gasteiger partial charge in [0, 0.05) is 0 Å². The molecule has 0 aromatic carbocycles. The first-order valence-corrected chi connectivity index (χ1v) is 31.4. The third-order valence-corrected chi connectivity index (χ3v) is 15.1. The van der Waals surface area contributed by atoms with E-state index in [4.69, 9.17) is 136 Å². The van der Waals surface area contributed by atoms with Gasteiger partial charge >= 0.3 is 31.2 Å². The Morgan fingerprint density at radius 3 is 0.937 bits per heavy atom. The van der Waals surface area contributed by atoms with E-state index < -0.39 is 264 Å². The first-order chi connectivity index (χ1) is 43.4. The monoisotopic (exact) mass is 1460 g/mol. The summed E-state index contributed by atoms with van der Waals surface area (Å²) in [6.07, 6.45) is -33.8. The zero-order chi connectivity index (χ0) is 73.7. The van der Waals surface area contributed by atoms with Gasteiger partial charge in [0.25, 0.3) is 0 Å². The minimum Gasteiger partial charge on any atom is -0.394 e. The van der Waals surface area contributed by atoms with E-state index in [0.29, 0.717) is 0 Å². The van der Waals surface area contributed by atoms with Crippen LogP contribution in [0.5, 0.6) is 0 Å². The lowest BCUT2D eigenvalue weighted by molar-refractivity contribution is -0.318. The number of aliphatic hydroxyl groups is 16. The topological polar surface area (TPSA) is 898 Å². The van der Waals surface area contributed by atoms with Crippen LogP contribution in [-0.4, -0.2) is 381 Å². The van der Waals surface area contributed by atoms with Gasteiger partial charge in [-0.05, 0) is 27.9 Å². The molecule has 53 heteroatoms. The van der Waals surface area contributed by atoms with Crippen LogP contribution in [0.15, 0.2) is 9.98 Å². The van der Waals surface area contributed by atoms with E-state index in [1.54, 1.807) is 0 Å². The Labute approximate surface area is 539 Å². The molecule has 6 rings (SSSR count). The van der Waals surface area contributed by atoms with Gasteiger partial charge < -0.3 is 175 Å². The Balaban J connectivity index is 0.000000531. The lowest BCUT2D eigenvalue weighted by atomic mass is 9.81. The Bertz CT molecular complexity index is 2600. The van der Waals surface area contributed by atoms with Crippen molar-refractivity contribution in [2.24, 2.45) is 44.4 Å². The maximum atomic E-state index is 11.3. The van der Waals surface area contributed by atoms with Crippen molar-refractivity contribution in [3.63, 3.8) is 0 Å². The molecule has 0 aromatic rings. The van der Waals surface area contributed by atoms with Crippen molar-refractivity contribution >= 4 is 55.0 Å². The number of aliphatic imine (C=N–C) groups is 2. The molecule has 0 amide bonds. The highest BCUT2D eigenvalue weighted by molar-refractivity contribution is 7.80. The molecule has 2 saturated carbocycles. The Morgan fingerprint density at radius 2 is 0.716 bits per heavy atom. The number of guanidine groups is 4. The molecule has 2 aliphatic carbocycles. The van der Waals surface area contributed by atoms with Crippen LogP contribution < -0.4 is 55.7 Å². The van der Waals surface area contributed by atoms with Crippen LogP contribution in [0.4, 0.5) is 0 Å². The van der Waals surface area contributed by atoms with Crippen molar-refractivity contribution < 1.29 is 172 Å². The molecule has 50 nitrogen and oxygen atoms in total. The molecule has 95 heavy (non-hydrogen) atoms. The number of nitrogens with one attached hydrogen (secondary N) is 6. The van der Waals surface area contributed by atoms with Crippen LogP contribution in [0.2, 0.25) is 0 Å². The summed E-state index contributed by atoms with van der Waals surface area (Å²) >= 11 is 0. The molecular weight excluding hydrogens is 1370 g/mol. The van der Waals surface area contributed by atoms with Crippen molar-refractivity contribution in [3.05, 3.63) is 0 Å². The molecule has 4 heterocycles. The van der Waals surface area contributed by atoms with E-state index in [2.05, 4.69) is 31.3 Å². The molecule has 0 bridgehead atoms. The molecule has 0 radical (unpaired) electrons. The number of ether oxygens (including phenoxy) is 8. The van der Waals surface area contributed by atoms with E-state index in [9.17, 15) is 81.7 Å². The molecular formula is C42H88N14O36S3. The predicted molar refractivity (Wildman–Crippen MR) is 309 cm³/mol. The second-order valence-corrected chi connectivity index (χ2v) is 24.2. The summed E-state index contributed by atoms with van der Waals surface area (Å²) in [6, 6.07) is -7.88. The van der Waals surface area contributed by atoms with Crippen molar-refractivity contribution in [2.75, 3.05) is 40.5 Å². The highest BCUT2D eigenvalue weighted by Crippen LogP contribution is 2.41. The highest BCUT2D eigenvalue weighted by atomic mass is 32.3. The largest absolute Gasteiger partial charge is 0.394 e. The van der Waals surface area contributed by atoms with Crippen molar-refractivity contribution in [2.45, 2.75) is 196 Å². The number of nitrogens with zero attached hydrogens (tertiary/aromatic N) is 2.